The van der Waals surface area contributed by atoms with Crippen molar-refractivity contribution >= 4 is 8.25 Å². The van der Waals surface area contributed by atoms with Crippen LogP contribution in [0, 0.1) is 0 Å². The van der Waals surface area contributed by atoms with Gasteiger partial charge in [-0.05, 0) is 6.42 Å². The van der Waals surface area contributed by atoms with E-state index < -0.39 is 14.5 Å². The highest BCUT2D eigenvalue weighted by Gasteiger charge is 2.19. The van der Waals surface area contributed by atoms with Crippen LogP contribution in [0.1, 0.15) is 71.1 Å². The predicted molar refractivity (Wildman–Crippen MR) is 68.8 cm³/mol. The lowest BCUT2D eigenvalue weighted by molar-refractivity contribution is -0.0257. The SMILES string of the molecule is CCCCCCCCCCCC(O)O[P+](=O)O. The molecule has 2 atom stereocenters. The van der Waals surface area contributed by atoms with Crippen LogP contribution in [-0.4, -0.2) is 16.3 Å². The summed E-state index contributed by atoms with van der Waals surface area (Å²) >= 11 is 0. The van der Waals surface area contributed by atoms with Crippen LogP contribution >= 0.6 is 8.25 Å². The van der Waals surface area contributed by atoms with Gasteiger partial charge in [0.15, 0.2) is 0 Å². The molecule has 0 aromatic carbocycles. The van der Waals surface area contributed by atoms with E-state index in [0.717, 1.165) is 12.8 Å². The highest BCUT2D eigenvalue weighted by Crippen LogP contribution is 2.20. The summed E-state index contributed by atoms with van der Waals surface area (Å²) < 4.78 is 14.6. The van der Waals surface area contributed by atoms with Gasteiger partial charge in [-0.2, -0.15) is 0 Å². The van der Waals surface area contributed by atoms with Gasteiger partial charge in [-0.3, -0.25) is 0 Å². The molecule has 0 heterocycles. The molecule has 5 heteroatoms. The molecule has 0 aromatic heterocycles. The third-order valence-electron chi connectivity index (χ3n) is 2.77. The summed E-state index contributed by atoms with van der Waals surface area (Å²) in [6.07, 6.45) is 10.2. The molecule has 0 aliphatic rings. The molecule has 0 aliphatic heterocycles. The monoisotopic (exact) mass is 265 g/mol. The van der Waals surface area contributed by atoms with E-state index in [1.165, 1.54) is 44.9 Å². The molecule has 0 bridgehead atoms. The van der Waals surface area contributed by atoms with Crippen LogP contribution in [-0.2, 0) is 9.09 Å². The zero-order valence-electron chi connectivity index (χ0n) is 10.8. The van der Waals surface area contributed by atoms with Crippen molar-refractivity contribution in [3.05, 3.63) is 0 Å². The lowest BCUT2D eigenvalue weighted by Gasteiger charge is -2.03. The number of aliphatic hydroxyl groups excluding tert-OH is 1. The summed E-state index contributed by atoms with van der Waals surface area (Å²) in [7, 11) is -2.68. The fourth-order valence-corrected chi connectivity index (χ4v) is 2.10. The molecule has 0 aromatic rings. The van der Waals surface area contributed by atoms with E-state index in [4.69, 9.17) is 10.00 Å². The molecule has 102 valence electrons. The number of hydrogen-bond acceptors (Lipinski definition) is 3. The van der Waals surface area contributed by atoms with Crippen molar-refractivity contribution in [3.8, 4) is 0 Å². The fraction of sp³-hybridized carbons (Fsp3) is 1.00. The summed E-state index contributed by atoms with van der Waals surface area (Å²) in [4.78, 5) is 8.39. The van der Waals surface area contributed by atoms with Crippen molar-refractivity contribution in [1.29, 1.82) is 0 Å². The number of aliphatic hydroxyl groups is 1. The van der Waals surface area contributed by atoms with Crippen molar-refractivity contribution in [2.45, 2.75) is 77.4 Å². The molecule has 4 nitrogen and oxygen atoms in total. The maximum absolute atomic E-state index is 10.2. The molecule has 0 amide bonds. The number of unbranched alkanes of at least 4 members (excludes halogenated alkanes) is 8. The van der Waals surface area contributed by atoms with Gasteiger partial charge in [0.25, 0.3) is 0 Å². The fourth-order valence-electron chi connectivity index (χ4n) is 1.79. The standard InChI is InChI=1S/C12H25O4P/c1-2-3-4-5-6-7-8-9-10-11-12(13)16-17(14)15/h12-13H,2-11H2,1H3/p+1. The molecule has 0 radical (unpaired) electrons. The second kappa shape index (κ2) is 12.4. The van der Waals surface area contributed by atoms with Gasteiger partial charge in [0.1, 0.15) is 0 Å². The lowest BCUT2D eigenvalue weighted by Crippen LogP contribution is -2.06. The first-order valence-electron chi connectivity index (χ1n) is 6.67. The van der Waals surface area contributed by atoms with E-state index in [1.54, 1.807) is 0 Å². The van der Waals surface area contributed by atoms with Gasteiger partial charge in [-0.25, -0.2) is 0 Å². The zero-order chi connectivity index (χ0) is 12.9. The Kier molecular flexibility index (Phi) is 12.4. The quantitative estimate of drug-likeness (QED) is 0.319. The van der Waals surface area contributed by atoms with Crippen LogP contribution in [0.4, 0.5) is 0 Å². The van der Waals surface area contributed by atoms with E-state index in [0.29, 0.717) is 6.42 Å². The van der Waals surface area contributed by atoms with E-state index in [2.05, 4.69) is 11.4 Å². The lowest BCUT2D eigenvalue weighted by atomic mass is 10.1. The molecule has 2 N–H and O–H groups in total. The topological polar surface area (TPSA) is 66.8 Å². The van der Waals surface area contributed by atoms with Crippen LogP contribution in [0.15, 0.2) is 0 Å². The second-order valence-electron chi connectivity index (χ2n) is 4.41. The smallest absolute Gasteiger partial charge is 0.364 e. The molecule has 17 heavy (non-hydrogen) atoms. The molecular formula is C12H26O4P+. The zero-order valence-corrected chi connectivity index (χ0v) is 11.7. The predicted octanol–water partition coefficient (Wildman–Crippen LogP) is 3.89. The first-order chi connectivity index (χ1) is 8.16. The van der Waals surface area contributed by atoms with Gasteiger partial charge >= 0.3 is 8.25 Å². The molecule has 0 spiro atoms. The second-order valence-corrected chi connectivity index (χ2v) is 5.10. The Morgan fingerprint density at radius 3 is 1.94 bits per heavy atom. The van der Waals surface area contributed by atoms with Crippen LogP contribution in [0.25, 0.3) is 0 Å². The van der Waals surface area contributed by atoms with Crippen molar-refractivity contribution in [2.24, 2.45) is 0 Å². The molecule has 2 unspecified atom stereocenters. The summed E-state index contributed by atoms with van der Waals surface area (Å²) in [5, 5.41) is 9.15. The van der Waals surface area contributed by atoms with Gasteiger partial charge in [0.2, 0.25) is 6.29 Å². The normalized spacial score (nSPS) is 13.7. The number of rotatable bonds is 12. The minimum atomic E-state index is -2.68. The van der Waals surface area contributed by atoms with Crippen LogP contribution < -0.4 is 0 Å². The van der Waals surface area contributed by atoms with Crippen LogP contribution in [0.3, 0.4) is 0 Å². The van der Waals surface area contributed by atoms with E-state index >= 15 is 0 Å². The van der Waals surface area contributed by atoms with Gasteiger partial charge < -0.3 is 5.11 Å². The highest BCUT2D eigenvalue weighted by molar-refractivity contribution is 7.32. The molecule has 0 rings (SSSR count). The Hall–Kier alpha value is -0.0200. The Balaban J connectivity index is 3.10. The first-order valence-corrected chi connectivity index (χ1v) is 7.80. The van der Waals surface area contributed by atoms with E-state index in [1.807, 2.05) is 0 Å². The largest absolute Gasteiger partial charge is 0.697 e. The molecule has 0 fully saturated rings. The summed E-state index contributed by atoms with van der Waals surface area (Å²) in [6, 6.07) is 0. The van der Waals surface area contributed by atoms with Crippen LogP contribution in [0.2, 0.25) is 0 Å². The third kappa shape index (κ3) is 13.9. The Morgan fingerprint density at radius 2 is 1.47 bits per heavy atom. The maximum Gasteiger partial charge on any atom is 0.697 e. The summed E-state index contributed by atoms with van der Waals surface area (Å²) in [6.45, 7) is 2.22. The summed E-state index contributed by atoms with van der Waals surface area (Å²) in [5.74, 6) is 0. The van der Waals surface area contributed by atoms with E-state index in [-0.39, 0.29) is 0 Å². The minimum absolute atomic E-state index is 0.442. The van der Waals surface area contributed by atoms with Gasteiger partial charge in [0, 0.05) is 11.0 Å². The Labute approximate surface area is 105 Å². The summed E-state index contributed by atoms with van der Waals surface area (Å²) in [5.41, 5.74) is 0. The van der Waals surface area contributed by atoms with Gasteiger partial charge in [0.05, 0.1) is 0 Å². The molecule has 0 saturated heterocycles. The van der Waals surface area contributed by atoms with Crippen LogP contribution in [0.5, 0.6) is 0 Å². The van der Waals surface area contributed by atoms with Crippen molar-refractivity contribution in [2.75, 3.05) is 0 Å². The minimum Gasteiger partial charge on any atom is -0.364 e. The average molecular weight is 265 g/mol. The molecule has 0 saturated carbocycles. The Bertz CT molecular complexity index is 187. The van der Waals surface area contributed by atoms with E-state index in [9.17, 15) is 4.57 Å². The number of hydrogen-bond donors (Lipinski definition) is 2. The highest BCUT2D eigenvalue weighted by atomic mass is 31.1. The maximum atomic E-state index is 10.2. The van der Waals surface area contributed by atoms with Crippen molar-refractivity contribution in [3.63, 3.8) is 0 Å². The molecule has 0 aliphatic carbocycles. The van der Waals surface area contributed by atoms with Crippen molar-refractivity contribution < 1.29 is 19.1 Å². The first kappa shape index (κ1) is 17.0. The Morgan fingerprint density at radius 1 is 1.00 bits per heavy atom. The van der Waals surface area contributed by atoms with Crippen molar-refractivity contribution in [1.82, 2.24) is 0 Å². The van der Waals surface area contributed by atoms with Gasteiger partial charge in [-0.1, -0.05) is 62.8 Å². The molecular weight excluding hydrogens is 239 g/mol. The van der Waals surface area contributed by atoms with Gasteiger partial charge in [-0.15, -0.1) is 4.89 Å². The third-order valence-corrected chi connectivity index (χ3v) is 3.19. The average Bonchev–Trinajstić information content (AvgIpc) is 2.26.